The zero-order valence-electron chi connectivity index (χ0n) is 8.06. The van der Waals surface area contributed by atoms with Crippen molar-refractivity contribution in [1.82, 2.24) is 5.01 Å². The van der Waals surface area contributed by atoms with Crippen LogP contribution in [-0.2, 0) is 0 Å². The number of hydrazine groups is 1. The number of rotatable bonds is 2. The van der Waals surface area contributed by atoms with E-state index >= 15 is 0 Å². The minimum Gasteiger partial charge on any atom is -0.305 e. The van der Waals surface area contributed by atoms with Crippen molar-refractivity contribution in [3.63, 3.8) is 0 Å². The molecule has 0 bridgehead atoms. The van der Waals surface area contributed by atoms with Crippen LogP contribution >= 0.6 is 0 Å². The third-order valence-corrected chi connectivity index (χ3v) is 2.13. The number of alkyl halides is 7. The second-order valence-electron chi connectivity index (χ2n) is 3.31. The van der Waals surface area contributed by atoms with E-state index in [2.05, 4.69) is 0 Å². The molecule has 2 nitrogen and oxygen atoms in total. The van der Waals surface area contributed by atoms with Gasteiger partial charge in [-0.25, -0.2) is 5.84 Å². The van der Waals surface area contributed by atoms with Crippen molar-refractivity contribution < 1.29 is 30.7 Å². The topological polar surface area (TPSA) is 29.3 Å². The summed E-state index contributed by atoms with van der Waals surface area (Å²) >= 11 is 0. The Morgan fingerprint density at radius 2 is 1.47 bits per heavy atom. The second-order valence-corrected chi connectivity index (χ2v) is 3.31. The smallest absolute Gasteiger partial charge is 0.305 e. The Labute approximate surface area is 91.1 Å². The predicted molar refractivity (Wildman–Crippen MR) is 44.0 cm³/mol. The van der Waals surface area contributed by atoms with E-state index in [0.29, 0.717) is 6.08 Å². The molecule has 0 aliphatic carbocycles. The van der Waals surface area contributed by atoms with Gasteiger partial charge in [0.15, 0.2) is 0 Å². The van der Waals surface area contributed by atoms with Crippen molar-refractivity contribution in [2.75, 3.05) is 0 Å². The van der Waals surface area contributed by atoms with Crippen LogP contribution in [0.5, 0.6) is 0 Å². The molecule has 0 saturated carbocycles. The fourth-order valence-corrected chi connectivity index (χ4v) is 1.19. The van der Waals surface area contributed by atoms with Gasteiger partial charge in [-0.3, -0.25) is 0 Å². The molecule has 1 aliphatic heterocycles. The van der Waals surface area contributed by atoms with Crippen LogP contribution in [0.4, 0.5) is 30.7 Å². The molecule has 0 spiro atoms. The van der Waals surface area contributed by atoms with Crippen LogP contribution in [0.1, 0.15) is 0 Å². The number of nitrogens with zero attached hydrogens (tertiary/aromatic N) is 1. The third kappa shape index (κ3) is 2.11. The van der Waals surface area contributed by atoms with Crippen molar-refractivity contribution in [2.45, 2.75) is 24.1 Å². The molecule has 9 heteroatoms. The zero-order chi connectivity index (χ0) is 13.5. The monoisotopic (exact) mass is 264 g/mol. The summed E-state index contributed by atoms with van der Waals surface area (Å²) in [6.45, 7) is 0. The highest BCUT2D eigenvalue weighted by Gasteiger charge is 2.75. The summed E-state index contributed by atoms with van der Waals surface area (Å²) in [5, 5.41) is 0.0969. The van der Waals surface area contributed by atoms with Crippen molar-refractivity contribution in [1.29, 1.82) is 0 Å². The van der Waals surface area contributed by atoms with E-state index in [4.69, 9.17) is 5.84 Å². The van der Waals surface area contributed by atoms with E-state index in [9.17, 15) is 30.7 Å². The lowest BCUT2D eigenvalue weighted by atomic mass is 10.0. The highest BCUT2D eigenvalue weighted by atomic mass is 19.4. The standard InChI is InChI=1S/C8H7F7N2/c9-6(10,7(11,12)8(13,14)15)5-3-1-2-4-17(5)16/h1-5H,16H2. The Morgan fingerprint density at radius 1 is 0.941 bits per heavy atom. The minimum atomic E-state index is -6.35. The molecule has 0 radical (unpaired) electrons. The average Bonchev–Trinajstić information content (AvgIpc) is 2.16. The summed E-state index contributed by atoms with van der Waals surface area (Å²) in [5.41, 5.74) is 0. The minimum absolute atomic E-state index is 0.0969. The molecule has 0 aromatic heterocycles. The van der Waals surface area contributed by atoms with Crippen molar-refractivity contribution in [3.05, 3.63) is 24.4 Å². The highest BCUT2D eigenvalue weighted by molar-refractivity contribution is 5.18. The third-order valence-electron chi connectivity index (χ3n) is 2.13. The first-order chi connectivity index (χ1) is 7.52. The second kappa shape index (κ2) is 3.90. The zero-order valence-corrected chi connectivity index (χ0v) is 8.06. The Balaban J connectivity index is 3.10. The van der Waals surface area contributed by atoms with E-state index in [-0.39, 0.29) is 5.01 Å². The number of hydrogen-bond donors (Lipinski definition) is 1. The SMILES string of the molecule is NN1C=CC=CC1C(F)(F)C(F)(F)C(F)(F)F. The van der Waals surface area contributed by atoms with Gasteiger partial charge in [-0.1, -0.05) is 12.2 Å². The van der Waals surface area contributed by atoms with Crippen molar-refractivity contribution in [3.8, 4) is 0 Å². The Kier molecular flexibility index (Phi) is 3.17. The first-order valence-electron chi connectivity index (χ1n) is 4.22. The van der Waals surface area contributed by atoms with Gasteiger partial charge in [0, 0.05) is 6.20 Å². The molecule has 0 fully saturated rings. The van der Waals surface area contributed by atoms with Gasteiger partial charge in [0.25, 0.3) is 0 Å². The molecule has 1 unspecified atom stereocenters. The van der Waals surface area contributed by atoms with Gasteiger partial charge in [0.05, 0.1) is 0 Å². The molecule has 1 atom stereocenters. The van der Waals surface area contributed by atoms with Gasteiger partial charge >= 0.3 is 18.0 Å². The molecule has 1 rings (SSSR count). The first kappa shape index (κ1) is 13.8. The fraction of sp³-hybridized carbons (Fsp3) is 0.500. The van der Waals surface area contributed by atoms with Crippen LogP contribution in [0.2, 0.25) is 0 Å². The van der Waals surface area contributed by atoms with Gasteiger partial charge in [0.2, 0.25) is 0 Å². The molecule has 0 aromatic rings. The Morgan fingerprint density at radius 3 is 1.88 bits per heavy atom. The molecule has 0 saturated heterocycles. The lowest BCUT2D eigenvalue weighted by molar-refractivity contribution is -0.361. The van der Waals surface area contributed by atoms with Gasteiger partial charge in [-0.15, -0.1) is 0 Å². The molecule has 0 aromatic carbocycles. The normalized spacial score (nSPS) is 22.1. The van der Waals surface area contributed by atoms with Crippen LogP contribution in [0, 0.1) is 0 Å². The maximum absolute atomic E-state index is 13.2. The van der Waals surface area contributed by atoms with E-state index in [1.54, 1.807) is 0 Å². The lowest BCUT2D eigenvalue weighted by Gasteiger charge is -2.37. The van der Waals surface area contributed by atoms with Crippen LogP contribution in [0.25, 0.3) is 0 Å². The number of hydrogen-bond acceptors (Lipinski definition) is 2. The lowest BCUT2D eigenvalue weighted by Crippen LogP contribution is -2.62. The van der Waals surface area contributed by atoms with Crippen molar-refractivity contribution >= 4 is 0 Å². The Bertz CT molecular complexity index is 344. The summed E-state index contributed by atoms with van der Waals surface area (Å²) in [5.74, 6) is -6.62. The van der Waals surface area contributed by atoms with Gasteiger partial charge in [-0.2, -0.15) is 30.7 Å². The van der Waals surface area contributed by atoms with Crippen LogP contribution in [-0.4, -0.2) is 29.1 Å². The van der Waals surface area contributed by atoms with E-state index < -0.39 is 24.1 Å². The molecular weight excluding hydrogens is 257 g/mol. The first-order valence-corrected chi connectivity index (χ1v) is 4.22. The van der Waals surface area contributed by atoms with E-state index in [1.165, 1.54) is 0 Å². The van der Waals surface area contributed by atoms with E-state index in [0.717, 1.165) is 18.4 Å². The highest BCUT2D eigenvalue weighted by Crippen LogP contribution is 2.49. The average molecular weight is 264 g/mol. The molecule has 1 heterocycles. The predicted octanol–water partition coefficient (Wildman–Crippen LogP) is 2.45. The summed E-state index contributed by atoms with van der Waals surface area (Å²) in [6.07, 6.45) is -3.08. The van der Waals surface area contributed by atoms with Gasteiger partial charge in [-0.05, 0) is 6.08 Å². The number of nitrogens with two attached hydrogens (primary N) is 1. The fourth-order valence-electron chi connectivity index (χ4n) is 1.19. The van der Waals surface area contributed by atoms with E-state index in [1.807, 2.05) is 0 Å². The van der Waals surface area contributed by atoms with Crippen LogP contribution in [0.15, 0.2) is 24.4 Å². The maximum Gasteiger partial charge on any atom is 0.459 e. The van der Waals surface area contributed by atoms with Crippen LogP contribution in [0.3, 0.4) is 0 Å². The molecular formula is C8H7F7N2. The molecule has 0 amide bonds. The van der Waals surface area contributed by atoms with Crippen LogP contribution < -0.4 is 5.84 Å². The van der Waals surface area contributed by atoms with Gasteiger partial charge < -0.3 is 5.01 Å². The summed E-state index contributed by atoms with van der Waals surface area (Å²) in [4.78, 5) is 0. The number of halogens is 7. The maximum atomic E-state index is 13.2. The summed E-state index contributed by atoms with van der Waals surface area (Å²) in [6, 6.07) is -2.57. The van der Waals surface area contributed by atoms with Crippen molar-refractivity contribution in [2.24, 2.45) is 5.84 Å². The van der Waals surface area contributed by atoms with Gasteiger partial charge in [0.1, 0.15) is 6.04 Å². The Hall–Kier alpha value is -1.25. The quantitative estimate of drug-likeness (QED) is 0.613. The molecule has 17 heavy (non-hydrogen) atoms. The summed E-state index contributed by atoms with van der Waals surface area (Å²) < 4.78 is 87.3. The molecule has 1 aliphatic rings. The molecule has 2 N–H and O–H groups in total. The number of allylic oxidation sites excluding steroid dienone is 2. The summed E-state index contributed by atoms with van der Waals surface area (Å²) in [7, 11) is 0. The largest absolute Gasteiger partial charge is 0.459 e. The molecule has 98 valence electrons.